The van der Waals surface area contributed by atoms with Gasteiger partial charge in [0.25, 0.3) is 5.91 Å². The number of carbonyl (C=O) groups excluding carboxylic acids is 1. The van der Waals surface area contributed by atoms with Gasteiger partial charge in [0.1, 0.15) is 0 Å². The Morgan fingerprint density at radius 3 is 2.65 bits per heavy atom. The van der Waals surface area contributed by atoms with Crippen LogP contribution in [0.4, 0.5) is 5.69 Å². The van der Waals surface area contributed by atoms with Crippen molar-refractivity contribution in [1.29, 1.82) is 0 Å². The monoisotopic (exact) mass is 316 g/mol. The van der Waals surface area contributed by atoms with Crippen molar-refractivity contribution in [1.82, 2.24) is 5.32 Å². The summed E-state index contributed by atoms with van der Waals surface area (Å²) in [5.74, 6) is 0.730. The predicted octanol–water partition coefficient (Wildman–Crippen LogP) is 3.72. The van der Waals surface area contributed by atoms with E-state index in [1.807, 2.05) is 31.2 Å². The maximum Gasteiger partial charge on any atom is 0.251 e. The summed E-state index contributed by atoms with van der Waals surface area (Å²) in [7, 11) is 0. The van der Waals surface area contributed by atoms with Gasteiger partial charge in [0.15, 0.2) is 0 Å². The van der Waals surface area contributed by atoms with E-state index < -0.39 is 0 Å². The third-order valence-corrected chi connectivity index (χ3v) is 4.82. The summed E-state index contributed by atoms with van der Waals surface area (Å²) in [5, 5.41) is 12.7. The lowest BCUT2D eigenvalue weighted by atomic mass is 10.1. The molecule has 0 aliphatic heterocycles. The highest BCUT2D eigenvalue weighted by Crippen LogP contribution is 2.26. The van der Waals surface area contributed by atoms with E-state index in [1.54, 1.807) is 0 Å². The van der Waals surface area contributed by atoms with Crippen molar-refractivity contribution >= 4 is 17.3 Å². The van der Waals surface area contributed by atoms with Gasteiger partial charge in [-0.1, -0.05) is 27.2 Å². The van der Waals surface area contributed by atoms with Gasteiger partial charge in [0.05, 0.1) is 11.8 Å². The molecule has 1 aliphatic rings. The Morgan fingerprint density at radius 2 is 2.09 bits per heavy atom. The van der Waals surface area contributed by atoms with Crippen LogP contribution in [0.25, 0.3) is 0 Å². The molecule has 1 aromatic rings. The van der Waals surface area contributed by atoms with Crippen LogP contribution in [0.3, 0.4) is 0 Å². The molecule has 2 rings (SSSR count). The molecule has 0 saturated heterocycles. The molecule has 3 unspecified atom stereocenters. The standard InChI is InChI=1S/C19H28N2O2/c1-4-13(2)11-12-20-19(23)15-5-7-16(8-6-15)21-17-9-10-18(22)14(17)3/h5-8,13-14,18,22H,4,9-12H2,1-3H3,(H,20,23). The molecule has 1 amide bonds. The molecule has 0 bridgehead atoms. The minimum atomic E-state index is -0.274. The van der Waals surface area contributed by atoms with Gasteiger partial charge in [-0.3, -0.25) is 9.79 Å². The summed E-state index contributed by atoms with van der Waals surface area (Å²) >= 11 is 0. The number of hydrogen-bond acceptors (Lipinski definition) is 3. The Kier molecular flexibility index (Phi) is 6.34. The number of aliphatic hydroxyl groups excluding tert-OH is 1. The molecule has 4 nitrogen and oxygen atoms in total. The third kappa shape index (κ3) is 4.90. The van der Waals surface area contributed by atoms with Crippen LogP contribution in [0.5, 0.6) is 0 Å². The summed E-state index contributed by atoms with van der Waals surface area (Å²) in [4.78, 5) is 16.7. The number of aliphatic hydroxyl groups is 1. The van der Waals surface area contributed by atoms with E-state index in [1.165, 1.54) is 0 Å². The molecule has 126 valence electrons. The lowest BCUT2D eigenvalue weighted by Gasteiger charge is -2.10. The summed E-state index contributed by atoms with van der Waals surface area (Å²) in [6.45, 7) is 7.08. The average molecular weight is 316 g/mol. The number of aliphatic imine (C=N–C) groups is 1. The molecule has 0 spiro atoms. The summed E-state index contributed by atoms with van der Waals surface area (Å²) in [5.41, 5.74) is 2.55. The Labute approximate surface area is 139 Å². The van der Waals surface area contributed by atoms with Gasteiger partial charge in [0, 0.05) is 23.7 Å². The number of rotatable bonds is 6. The fourth-order valence-corrected chi connectivity index (χ4v) is 2.74. The second-order valence-electron chi connectivity index (χ2n) is 6.60. The fraction of sp³-hybridized carbons (Fsp3) is 0.579. The zero-order valence-corrected chi connectivity index (χ0v) is 14.4. The zero-order valence-electron chi connectivity index (χ0n) is 14.4. The van der Waals surface area contributed by atoms with E-state index in [2.05, 4.69) is 24.2 Å². The number of benzene rings is 1. The molecule has 0 aromatic heterocycles. The van der Waals surface area contributed by atoms with Crippen LogP contribution in [0.15, 0.2) is 29.3 Å². The first kappa shape index (κ1) is 17.7. The number of carbonyl (C=O) groups is 1. The topological polar surface area (TPSA) is 61.7 Å². The Hall–Kier alpha value is -1.68. The molecule has 3 atom stereocenters. The maximum absolute atomic E-state index is 12.1. The molecule has 2 N–H and O–H groups in total. The lowest BCUT2D eigenvalue weighted by Crippen LogP contribution is -2.25. The van der Waals surface area contributed by atoms with Gasteiger partial charge < -0.3 is 10.4 Å². The lowest BCUT2D eigenvalue weighted by molar-refractivity contribution is 0.0951. The highest BCUT2D eigenvalue weighted by atomic mass is 16.3. The summed E-state index contributed by atoms with van der Waals surface area (Å²) in [6, 6.07) is 7.37. The van der Waals surface area contributed by atoms with Crippen molar-refractivity contribution < 1.29 is 9.90 Å². The van der Waals surface area contributed by atoms with Gasteiger partial charge >= 0.3 is 0 Å². The van der Waals surface area contributed by atoms with Crippen LogP contribution in [-0.4, -0.2) is 29.4 Å². The zero-order chi connectivity index (χ0) is 16.8. The van der Waals surface area contributed by atoms with E-state index in [9.17, 15) is 9.90 Å². The van der Waals surface area contributed by atoms with E-state index in [0.29, 0.717) is 18.0 Å². The van der Waals surface area contributed by atoms with E-state index in [4.69, 9.17) is 0 Å². The third-order valence-electron chi connectivity index (χ3n) is 4.82. The minimum Gasteiger partial charge on any atom is -0.392 e. The Morgan fingerprint density at radius 1 is 1.39 bits per heavy atom. The minimum absolute atomic E-state index is 0.0304. The molecular formula is C19H28N2O2. The first-order chi connectivity index (χ1) is 11.0. The van der Waals surface area contributed by atoms with Crippen LogP contribution in [-0.2, 0) is 0 Å². The molecule has 1 aliphatic carbocycles. The predicted molar refractivity (Wildman–Crippen MR) is 94.3 cm³/mol. The van der Waals surface area contributed by atoms with E-state index in [-0.39, 0.29) is 17.9 Å². The van der Waals surface area contributed by atoms with Crippen molar-refractivity contribution in [2.45, 2.75) is 52.6 Å². The van der Waals surface area contributed by atoms with Crippen molar-refractivity contribution in [3.63, 3.8) is 0 Å². The average Bonchev–Trinajstić information content (AvgIpc) is 2.87. The van der Waals surface area contributed by atoms with Gasteiger partial charge in [-0.25, -0.2) is 0 Å². The van der Waals surface area contributed by atoms with E-state index in [0.717, 1.165) is 37.1 Å². The first-order valence-electron chi connectivity index (χ1n) is 8.65. The van der Waals surface area contributed by atoms with Gasteiger partial charge in [-0.05, 0) is 49.4 Å². The molecule has 0 heterocycles. The smallest absolute Gasteiger partial charge is 0.251 e. The highest BCUT2D eigenvalue weighted by Gasteiger charge is 2.27. The molecule has 1 aromatic carbocycles. The summed E-state index contributed by atoms with van der Waals surface area (Å²) < 4.78 is 0. The first-order valence-corrected chi connectivity index (χ1v) is 8.65. The molecule has 1 saturated carbocycles. The molecule has 4 heteroatoms. The highest BCUT2D eigenvalue weighted by molar-refractivity contribution is 5.95. The quantitative estimate of drug-likeness (QED) is 0.840. The molecule has 1 fully saturated rings. The molecular weight excluding hydrogens is 288 g/mol. The number of hydrogen-bond donors (Lipinski definition) is 2. The van der Waals surface area contributed by atoms with Crippen LogP contribution in [0, 0.1) is 11.8 Å². The van der Waals surface area contributed by atoms with Crippen molar-refractivity contribution in [2.24, 2.45) is 16.8 Å². The summed E-state index contributed by atoms with van der Waals surface area (Å²) in [6.07, 6.45) is 3.51. The van der Waals surface area contributed by atoms with Crippen LogP contribution in [0.1, 0.15) is 56.8 Å². The molecule has 23 heavy (non-hydrogen) atoms. The normalized spacial score (nSPS) is 23.9. The van der Waals surface area contributed by atoms with Crippen molar-refractivity contribution in [3.05, 3.63) is 29.8 Å². The Bertz CT molecular complexity index is 551. The fourth-order valence-electron chi connectivity index (χ4n) is 2.74. The van der Waals surface area contributed by atoms with Crippen LogP contribution < -0.4 is 5.32 Å². The number of amides is 1. The van der Waals surface area contributed by atoms with Crippen molar-refractivity contribution in [2.75, 3.05) is 6.54 Å². The second kappa shape index (κ2) is 8.25. The maximum atomic E-state index is 12.1. The van der Waals surface area contributed by atoms with Gasteiger partial charge in [-0.2, -0.15) is 0 Å². The largest absolute Gasteiger partial charge is 0.392 e. The second-order valence-corrected chi connectivity index (χ2v) is 6.60. The number of nitrogens with zero attached hydrogens (tertiary/aromatic N) is 1. The van der Waals surface area contributed by atoms with Crippen LogP contribution >= 0.6 is 0 Å². The van der Waals surface area contributed by atoms with Crippen LogP contribution in [0.2, 0.25) is 0 Å². The van der Waals surface area contributed by atoms with Gasteiger partial charge in [-0.15, -0.1) is 0 Å². The number of nitrogens with one attached hydrogen (secondary N) is 1. The van der Waals surface area contributed by atoms with Gasteiger partial charge in [0.2, 0.25) is 0 Å². The SMILES string of the molecule is CCC(C)CCNC(=O)c1ccc(N=C2CCC(O)C2C)cc1. The molecule has 0 radical (unpaired) electrons. The Balaban J connectivity index is 1.92. The van der Waals surface area contributed by atoms with Crippen molar-refractivity contribution in [3.8, 4) is 0 Å². The van der Waals surface area contributed by atoms with E-state index >= 15 is 0 Å².